The Kier molecular flexibility index (Phi) is 4.11. The minimum Gasteiger partial charge on any atom is -0.370 e. The van der Waals surface area contributed by atoms with Gasteiger partial charge in [-0.3, -0.25) is 4.79 Å². The third-order valence-corrected chi connectivity index (χ3v) is 2.35. The van der Waals surface area contributed by atoms with E-state index in [1.54, 1.807) is 0 Å². The summed E-state index contributed by atoms with van der Waals surface area (Å²) < 4.78 is 5.30. The molecule has 15 heavy (non-hydrogen) atoms. The van der Waals surface area contributed by atoms with E-state index in [2.05, 4.69) is 0 Å². The van der Waals surface area contributed by atoms with Crippen LogP contribution in [0.25, 0.3) is 0 Å². The Morgan fingerprint density at radius 2 is 2.13 bits per heavy atom. The number of hydrogen-bond acceptors (Lipinski definition) is 3. The average molecular weight is 214 g/mol. The van der Waals surface area contributed by atoms with Gasteiger partial charge in [-0.15, -0.1) is 0 Å². The molecule has 1 fully saturated rings. The molecule has 0 aromatic heterocycles. The maximum absolute atomic E-state index is 11.7. The first-order valence-corrected chi connectivity index (χ1v) is 5.60. The summed E-state index contributed by atoms with van der Waals surface area (Å²) in [5.41, 5.74) is 5.39. The van der Waals surface area contributed by atoms with Gasteiger partial charge >= 0.3 is 0 Å². The molecule has 2 N–H and O–H groups in total. The molecule has 1 saturated carbocycles. The van der Waals surface area contributed by atoms with Crippen LogP contribution >= 0.6 is 0 Å². The zero-order valence-corrected chi connectivity index (χ0v) is 9.95. The lowest BCUT2D eigenvalue weighted by Crippen LogP contribution is -2.40. The number of nitrogens with zero attached hydrogens (tertiary/aromatic N) is 1. The van der Waals surface area contributed by atoms with Gasteiger partial charge in [0.15, 0.2) is 0 Å². The van der Waals surface area contributed by atoms with E-state index < -0.39 is 0 Å². The zero-order valence-electron chi connectivity index (χ0n) is 9.95. The minimum atomic E-state index is -0.364. The number of carbonyl (C=O) groups is 1. The largest absolute Gasteiger partial charge is 0.370 e. The molecule has 88 valence electrons. The van der Waals surface area contributed by atoms with Crippen molar-refractivity contribution in [2.75, 3.05) is 19.8 Å². The quantitative estimate of drug-likeness (QED) is 0.710. The standard InChI is InChI=1S/C11H22N2O2/c1-4-13(9-5-6-9)10(14)7-15-8-11(2,3)12/h9H,4-8,12H2,1-3H3. The maximum Gasteiger partial charge on any atom is 0.248 e. The second-order valence-corrected chi connectivity index (χ2v) is 4.89. The first kappa shape index (κ1) is 12.5. The van der Waals surface area contributed by atoms with Crippen LogP contribution in [0.3, 0.4) is 0 Å². The van der Waals surface area contributed by atoms with Gasteiger partial charge in [0.1, 0.15) is 6.61 Å². The molecular formula is C11H22N2O2. The highest BCUT2D eigenvalue weighted by atomic mass is 16.5. The van der Waals surface area contributed by atoms with E-state index in [4.69, 9.17) is 10.5 Å². The number of nitrogens with two attached hydrogens (primary N) is 1. The van der Waals surface area contributed by atoms with Gasteiger partial charge < -0.3 is 15.4 Å². The summed E-state index contributed by atoms with van der Waals surface area (Å²) >= 11 is 0. The number of ether oxygens (including phenoxy) is 1. The molecule has 0 atom stereocenters. The highest BCUT2D eigenvalue weighted by Crippen LogP contribution is 2.26. The lowest BCUT2D eigenvalue weighted by Gasteiger charge is -2.22. The van der Waals surface area contributed by atoms with Gasteiger partial charge in [-0.05, 0) is 33.6 Å². The first-order valence-electron chi connectivity index (χ1n) is 5.60. The predicted molar refractivity (Wildman–Crippen MR) is 59.5 cm³/mol. The topological polar surface area (TPSA) is 55.6 Å². The average Bonchev–Trinajstić information content (AvgIpc) is 2.87. The lowest BCUT2D eigenvalue weighted by molar-refractivity contribution is -0.137. The highest BCUT2D eigenvalue weighted by molar-refractivity contribution is 5.78. The summed E-state index contributed by atoms with van der Waals surface area (Å²) in [6.45, 7) is 7.12. The molecule has 1 aliphatic rings. The molecule has 0 aromatic carbocycles. The molecule has 0 radical (unpaired) electrons. The monoisotopic (exact) mass is 214 g/mol. The summed E-state index contributed by atoms with van der Waals surface area (Å²) in [6.07, 6.45) is 2.28. The van der Waals surface area contributed by atoms with Crippen LogP contribution < -0.4 is 5.73 Å². The number of amides is 1. The molecule has 0 spiro atoms. The molecule has 0 heterocycles. The van der Waals surface area contributed by atoms with Crippen LogP contribution in [0.2, 0.25) is 0 Å². The minimum absolute atomic E-state index is 0.0873. The van der Waals surface area contributed by atoms with Crippen molar-refractivity contribution >= 4 is 5.91 Å². The summed E-state index contributed by atoms with van der Waals surface area (Å²) in [5.74, 6) is 0.0873. The van der Waals surface area contributed by atoms with Crippen LogP contribution in [0.15, 0.2) is 0 Å². The third kappa shape index (κ3) is 4.62. The Hall–Kier alpha value is -0.610. The van der Waals surface area contributed by atoms with E-state index in [-0.39, 0.29) is 18.1 Å². The van der Waals surface area contributed by atoms with Gasteiger partial charge in [0.25, 0.3) is 0 Å². The van der Waals surface area contributed by atoms with Crippen molar-refractivity contribution in [1.82, 2.24) is 4.90 Å². The van der Waals surface area contributed by atoms with Crippen LogP contribution in [0.1, 0.15) is 33.6 Å². The van der Waals surface area contributed by atoms with Crippen molar-refractivity contribution in [3.63, 3.8) is 0 Å². The Morgan fingerprint density at radius 3 is 2.53 bits per heavy atom. The summed E-state index contributed by atoms with van der Waals surface area (Å²) in [6, 6.07) is 0.469. The van der Waals surface area contributed by atoms with Gasteiger partial charge in [-0.1, -0.05) is 0 Å². The zero-order chi connectivity index (χ0) is 11.5. The van der Waals surface area contributed by atoms with Crippen LogP contribution in [-0.4, -0.2) is 42.1 Å². The van der Waals surface area contributed by atoms with Crippen molar-refractivity contribution < 1.29 is 9.53 Å². The Morgan fingerprint density at radius 1 is 1.53 bits per heavy atom. The van der Waals surface area contributed by atoms with E-state index in [0.717, 1.165) is 19.4 Å². The smallest absolute Gasteiger partial charge is 0.248 e. The molecule has 1 amide bonds. The van der Waals surface area contributed by atoms with Gasteiger partial charge in [0.05, 0.1) is 6.61 Å². The van der Waals surface area contributed by atoms with Crippen molar-refractivity contribution in [2.24, 2.45) is 5.73 Å². The fourth-order valence-corrected chi connectivity index (χ4v) is 1.51. The van der Waals surface area contributed by atoms with Crippen molar-refractivity contribution in [2.45, 2.75) is 45.2 Å². The van der Waals surface area contributed by atoms with E-state index in [1.807, 2.05) is 25.7 Å². The molecular weight excluding hydrogens is 192 g/mol. The Labute approximate surface area is 91.8 Å². The maximum atomic E-state index is 11.7. The lowest BCUT2D eigenvalue weighted by atomic mass is 10.1. The fraction of sp³-hybridized carbons (Fsp3) is 0.909. The first-order chi connectivity index (χ1) is 6.94. The molecule has 4 nitrogen and oxygen atoms in total. The van der Waals surface area contributed by atoms with Crippen LogP contribution in [-0.2, 0) is 9.53 Å². The van der Waals surface area contributed by atoms with E-state index >= 15 is 0 Å². The second kappa shape index (κ2) is 4.94. The molecule has 1 rings (SSSR count). The number of rotatable bonds is 6. The van der Waals surface area contributed by atoms with Gasteiger partial charge in [0, 0.05) is 18.1 Å². The highest BCUT2D eigenvalue weighted by Gasteiger charge is 2.31. The second-order valence-electron chi connectivity index (χ2n) is 4.89. The number of hydrogen-bond donors (Lipinski definition) is 1. The summed E-state index contributed by atoms with van der Waals surface area (Å²) in [4.78, 5) is 13.6. The molecule has 4 heteroatoms. The van der Waals surface area contributed by atoms with E-state index in [1.165, 1.54) is 0 Å². The van der Waals surface area contributed by atoms with E-state index in [0.29, 0.717) is 12.6 Å². The molecule has 0 unspecified atom stereocenters. The van der Waals surface area contributed by atoms with Crippen molar-refractivity contribution in [3.8, 4) is 0 Å². The third-order valence-electron chi connectivity index (χ3n) is 2.35. The van der Waals surface area contributed by atoms with Crippen molar-refractivity contribution in [3.05, 3.63) is 0 Å². The van der Waals surface area contributed by atoms with Crippen LogP contribution in [0.4, 0.5) is 0 Å². The SMILES string of the molecule is CCN(C(=O)COCC(C)(C)N)C1CC1. The summed E-state index contributed by atoms with van der Waals surface area (Å²) in [7, 11) is 0. The Balaban J connectivity index is 2.22. The molecule has 1 aliphatic carbocycles. The van der Waals surface area contributed by atoms with Crippen LogP contribution in [0, 0.1) is 0 Å². The normalized spacial score (nSPS) is 16.5. The fourth-order valence-electron chi connectivity index (χ4n) is 1.51. The predicted octanol–water partition coefficient (Wildman–Crippen LogP) is 0.751. The molecule has 0 saturated heterocycles. The van der Waals surface area contributed by atoms with Gasteiger partial charge in [-0.2, -0.15) is 0 Å². The Bertz CT molecular complexity index is 219. The number of carbonyl (C=O) groups excluding carboxylic acids is 1. The molecule has 0 bridgehead atoms. The van der Waals surface area contributed by atoms with Crippen molar-refractivity contribution in [1.29, 1.82) is 0 Å². The van der Waals surface area contributed by atoms with E-state index in [9.17, 15) is 4.79 Å². The van der Waals surface area contributed by atoms with Crippen LogP contribution in [0.5, 0.6) is 0 Å². The van der Waals surface area contributed by atoms with Gasteiger partial charge in [-0.25, -0.2) is 0 Å². The number of likely N-dealkylation sites (N-methyl/N-ethyl adjacent to an activating group) is 1. The summed E-state index contributed by atoms with van der Waals surface area (Å²) in [5, 5.41) is 0. The molecule has 0 aliphatic heterocycles. The van der Waals surface area contributed by atoms with Gasteiger partial charge in [0.2, 0.25) is 5.91 Å². The molecule has 0 aromatic rings.